The van der Waals surface area contributed by atoms with Crippen LogP contribution >= 0.6 is 0 Å². The fourth-order valence-corrected chi connectivity index (χ4v) is 1.62. The number of hydrogen-bond acceptors (Lipinski definition) is 4. The van der Waals surface area contributed by atoms with Gasteiger partial charge in [-0.3, -0.25) is 9.59 Å². The topological polar surface area (TPSA) is 55.8 Å². The van der Waals surface area contributed by atoms with Crippen molar-refractivity contribution in [3.05, 3.63) is 30.1 Å². The second kappa shape index (κ2) is 8.94. The van der Waals surface area contributed by atoms with Crippen molar-refractivity contribution in [2.24, 2.45) is 0 Å². The first kappa shape index (κ1) is 16.9. The van der Waals surface area contributed by atoms with Crippen molar-refractivity contribution in [3.8, 4) is 5.75 Å². The summed E-state index contributed by atoms with van der Waals surface area (Å²) in [6.45, 7) is 2.43. The predicted octanol–water partition coefficient (Wildman–Crippen LogP) is 2.01. The maximum Gasteiger partial charge on any atom is 0.307 e. The molecule has 1 amide bonds. The minimum Gasteiger partial charge on any atom is -0.490 e. The molecule has 0 heterocycles. The molecular weight excluding hydrogens is 277 g/mol. The summed E-state index contributed by atoms with van der Waals surface area (Å²) >= 11 is 0. The summed E-state index contributed by atoms with van der Waals surface area (Å²) in [4.78, 5) is 24.4. The highest BCUT2D eigenvalue weighted by Crippen LogP contribution is 2.15. The van der Waals surface area contributed by atoms with Gasteiger partial charge in [-0.05, 0) is 19.1 Å². The highest BCUT2D eigenvalue weighted by atomic mass is 19.1. The van der Waals surface area contributed by atoms with Crippen molar-refractivity contribution in [1.82, 2.24) is 4.90 Å². The first-order valence-electron chi connectivity index (χ1n) is 6.81. The van der Waals surface area contributed by atoms with Gasteiger partial charge in [0.2, 0.25) is 5.91 Å². The minimum absolute atomic E-state index is 0.0868. The van der Waals surface area contributed by atoms with Crippen LogP contribution in [0.1, 0.15) is 19.8 Å². The summed E-state index contributed by atoms with van der Waals surface area (Å²) in [6.07, 6.45) is 0.276. The second-order valence-corrected chi connectivity index (χ2v) is 4.40. The Morgan fingerprint density at radius 2 is 1.95 bits per heavy atom. The average Bonchev–Trinajstić information content (AvgIpc) is 2.47. The third-order valence-corrected chi connectivity index (χ3v) is 2.79. The molecule has 0 bridgehead atoms. The monoisotopic (exact) mass is 297 g/mol. The van der Waals surface area contributed by atoms with Crippen LogP contribution in [-0.2, 0) is 14.3 Å². The Morgan fingerprint density at radius 3 is 2.62 bits per heavy atom. The van der Waals surface area contributed by atoms with E-state index in [-0.39, 0.29) is 43.6 Å². The van der Waals surface area contributed by atoms with E-state index in [0.717, 1.165) is 0 Å². The van der Waals surface area contributed by atoms with Crippen LogP contribution in [0.4, 0.5) is 4.39 Å². The van der Waals surface area contributed by atoms with E-state index in [4.69, 9.17) is 9.47 Å². The van der Waals surface area contributed by atoms with E-state index in [0.29, 0.717) is 6.61 Å². The van der Waals surface area contributed by atoms with E-state index in [1.807, 2.05) is 0 Å². The van der Waals surface area contributed by atoms with E-state index in [9.17, 15) is 14.0 Å². The molecule has 0 saturated heterocycles. The van der Waals surface area contributed by atoms with Crippen LogP contribution in [0.15, 0.2) is 24.3 Å². The molecule has 0 aliphatic rings. The number of ether oxygens (including phenoxy) is 2. The molecule has 6 heteroatoms. The predicted molar refractivity (Wildman–Crippen MR) is 75.4 cm³/mol. The van der Waals surface area contributed by atoms with Crippen molar-refractivity contribution < 1.29 is 23.5 Å². The largest absolute Gasteiger partial charge is 0.490 e. The van der Waals surface area contributed by atoms with Crippen LogP contribution in [0.25, 0.3) is 0 Å². The summed E-state index contributed by atoms with van der Waals surface area (Å²) in [5.74, 6) is -0.838. The van der Waals surface area contributed by atoms with Gasteiger partial charge in [0.25, 0.3) is 0 Å². The van der Waals surface area contributed by atoms with Gasteiger partial charge >= 0.3 is 5.97 Å². The number of para-hydroxylation sites is 1. The average molecular weight is 297 g/mol. The summed E-state index contributed by atoms with van der Waals surface area (Å²) in [7, 11) is 1.60. The zero-order chi connectivity index (χ0) is 15.7. The first-order chi connectivity index (χ1) is 10.0. The van der Waals surface area contributed by atoms with Crippen LogP contribution in [0, 0.1) is 5.82 Å². The van der Waals surface area contributed by atoms with Gasteiger partial charge in [0.1, 0.15) is 0 Å². The molecule has 0 aromatic heterocycles. The third-order valence-electron chi connectivity index (χ3n) is 2.79. The van der Waals surface area contributed by atoms with Crippen molar-refractivity contribution in [1.29, 1.82) is 0 Å². The molecular formula is C15H20FNO4. The van der Waals surface area contributed by atoms with Crippen LogP contribution in [0.5, 0.6) is 5.75 Å². The van der Waals surface area contributed by atoms with Crippen molar-refractivity contribution in [3.63, 3.8) is 0 Å². The summed E-state index contributed by atoms with van der Waals surface area (Å²) in [6, 6.07) is 6.02. The van der Waals surface area contributed by atoms with Gasteiger partial charge in [0.05, 0.1) is 26.1 Å². The van der Waals surface area contributed by atoms with E-state index in [2.05, 4.69) is 0 Å². The standard InChI is InChI=1S/C15H20FNO4/c1-3-20-15(19)8-10-17(2)14(18)9-11-21-13-7-5-4-6-12(13)16/h4-7H,3,8-11H2,1-2H3. The Hall–Kier alpha value is -2.11. The highest BCUT2D eigenvalue weighted by Gasteiger charge is 2.12. The fraction of sp³-hybridized carbons (Fsp3) is 0.467. The molecule has 0 spiro atoms. The number of rotatable bonds is 8. The fourth-order valence-electron chi connectivity index (χ4n) is 1.62. The van der Waals surface area contributed by atoms with Crippen LogP contribution in [0.2, 0.25) is 0 Å². The van der Waals surface area contributed by atoms with Crippen LogP contribution < -0.4 is 4.74 Å². The number of carbonyl (C=O) groups is 2. The van der Waals surface area contributed by atoms with E-state index >= 15 is 0 Å². The molecule has 21 heavy (non-hydrogen) atoms. The van der Waals surface area contributed by atoms with Crippen LogP contribution in [-0.4, -0.2) is 43.6 Å². The van der Waals surface area contributed by atoms with E-state index in [1.165, 1.54) is 17.0 Å². The van der Waals surface area contributed by atoms with Gasteiger partial charge < -0.3 is 14.4 Å². The Balaban J connectivity index is 2.27. The molecule has 5 nitrogen and oxygen atoms in total. The SMILES string of the molecule is CCOC(=O)CCN(C)C(=O)CCOc1ccccc1F. The summed E-state index contributed by atoms with van der Waals surface area (Å²) in [5, 5.41) is 0. The Morgan fingerprint density at radius 1 is 1.24 bits per heavy atom. The number of benzene rings is 1. The number of esters is 1. The maximum atomic E-state index is 13.3. The number of amides is 1. The normalized spacial score (nSPS) is 10.0. The Kier molecular flexibility index (Phi) is 7.21. The number of hydrogen-bond donors (Lipinski definition) is 0. The van der Waals surface area contributed by atoms with E-state index in [1.54, 1.807) is 26.1 Å². The lowest BCUT2D eigenvalue weighted by Crippen LogP contribution is -2.30. The van der Waals surface area contributed by atoms with Gasteiger partial charge in [0, 0.05) is 13.6 Å². The Labute approximate surface area is 123 Å². The molecule has 0 fully saturated rings. The maximum absolute atomic E-state index is 13.3. The van der Waals surface area contributed by atoms with Crippen molar-refractivity contribution in [2.75, 3.05) is 26.8 Å². The molecule has 1 aromatic carbocycles. The van der Waals surface area contributed by atoms with Gasteiger partial charge in [-0.2, -0.15) is 0 Å². The highest BCUT2D eigenvalue weighted by molar-refractivity contribution is 5.77. The quantitative estimate of drug-likeness (QED) is 0.689. The smallest absolute Gasteiger partial charge is 0.307 e. The lowest BCUT2D eigenvalue weighted by Gasteiger charge is -2.16. The second-order valence-electron chi connectivity index (χ2n) is 4.40. The molecule has 1 rings (SSSR count). The molecule has 0 unspecified atom stereocenters. The molecule has 0 saturated carbocycles. The third kappa shape index (κ3) is 6.25. The number of nitrogens with zero attached hydrogens (tertiary/aromatic N) is 1. The molecule has 0 radical (unpaired) electrons. The van der Waals surface area contributed by atoms with Crippen LogP contribution in [0.3, 0.4) is 0 Å². The Bertz CT molecular complexity index is 478. The van der Waals surface area contributed by atoms with Gasteiger partial charge in [0.15, 0.2) is 11.6 Å². The number of carbonyl (C=O) groups excluding carboxylic acids is 2. The molecule has 0 aliphatic heterocycles. The minimum atomic E-state index is -0.458. The summed E-state index contributed by atoms with van der Waals surface area (Å²) in [5.41, 5.74) is 0. The molecule has 116 valence electrons. The number of halogens is 1. The lowest BCUT2D eigenvalue weighted by atomic mass is 10.3. The van der Waals surface area contributed by atoms with E-state index < -0.39 is 5.82 Å². The van der Waals surface area contributed by atoms with Crippen molar-refractivity contribution in [2.45, 2.75) is 19.8 Å². The molecule has 0 N–H and O–H groups in total. The van der Waals surface area contributed by atoms with Crippen molar-refractivity contribution >= 4 is 11.9 Å². The molecule has 1 aromatic rings. The van der Waals surface area contributed by atoms with Gasteiger partial charge in [-0.25, -0.2) is 4.39 Å². The first-order valence-corrected chi connectivity index (χ1v) is 6.81. The van der Waals surface area contributed by atoms with Gasteiger partial charge in [-0.1, -0.05) is 12.1 Å². The molecule has 0 atom stereocenters. The lowest BCUT2D eigenvalue weighted by molar-refractivity contribution is -0.143. The zero-order valence-corrected chi connectivity index (χ0v) is 12.3. The molecule has 0 aliphatic carbocycles. The zero-order valence-electron chi connectivity index (χ0n) is 12.3. The van der Waals surface area contributed by atoms with Gasteiger partial charge in [-0.15, -0.1) is 0 Å². The summed E-state index contributed by atoms with van der Waals surface area (Å²) < 4.78 is 23.3.